The van der Waals surface area contributed by atoms with Gasteiger partial charge in [-0.15, -0.1) is 0 Å². The van der Waals surface area contributed by atoms with Gasteiger partial charge in [0.2, 0.25) is 6.79 Å². The van der Waals surface area contributed by atoms with E-state index >= 15 is 0 Å². The average molecular weight is 296 g/mol. The van der Waals surface area contributed by atoms with E-state index in [9.17, 15) is 9.59 Å². The van der Waals surface area contributed by atoms with Gasteiger partial charge in [-0.3, -0.25) is 9.59 Å². The summed E-state index contributed by atoms with van der Waals surface area (Å²) in [4.78, 5) is 25.7. The van der Waals surface area contributed by atoms with Crippen LogP contribution in [0.1, 0.15) is 30.6 Å². The molecule has 1 saturated heterocycles. The fourth-order valence-electron chi connectivity index (χ4n) is 2.62. The molecule has 0 atom stereocenters. The Labute approximate surface area is 121 Å². The quantitative estimate of drug-likeness (QED) is 0.797. The lowest BCUT2D eigenvalue weighted by Gasteiger charge is -2.30. The standard InChI is InChI=1S/C14H14ClNO4/c1-14(2)5-9(17)6-16(14)13(18)8-3-10(15)12-11(4-8)19-7-20-12/h3-4H,5-7H2,1-2H3. The normalized spacial score (nSPS) is 19.6. The maximum Gasteiger partial charge on any atom is 0.254 e. The van der Waals surface area contributed by atoms with E-state index < -0.39 is 5.54 Å². The molecule has 0 radical (unpaired) electrons. The highest BCUT2D eigenvalue weighted by Crippen LogP contribution is 2.40. The Bertz CT molecular complexity index is 611. The second-order valence-corrected chi connectivity index (χ2v) is 6.02. The number of Topliss-reactive ketones (excluding diaryl/α,β-unsaturated/α-hetero) is 1. The zero-order valence-corrected chi connectivity index (χ0v) is 12.0. The lowest BCUT2D eigenvalue weighted by molar-refractivity contribution is -0.116. The number of ketones is 1. The van der Waals surface area contributed by atoms with Gasteiger partial charge in [0, 0.05) is 17.5 Å². The number of ether oxygens (including phenoxy) is 2. The molecule has 1 aromatic rings. The van der Waals surface area contributed by atoms with Crippen molar-refractivity contribution in [3.05, 3.63) is 22.7 Å². The summed E-state index contributed by atoms with van der Waals surface area (Å²) >= 11 is 6.08. The molecule has 1 fully saturated rings. The Morgan fingerprint density at radius 2 is 2.10 bits per heavy atom. The Balaban J connectivity index is 1.96. The van der Waals surface area contributed by atoms with Gasteiger partial charge in [0.05, 0.1) is 11.6 Å². The van der Waals surface area contributed by atoms with Gasteiger partial charge in [-0.1, -0.05) is 11.6 Å². The fraction of sp³-hybridized carbons (Fsp3) is 0.429. The number of amides is 1. The van der Waals surface area contributed by atoms with Crippen molar-refractivity contribution in [1.29, 1.82) is 0 Å². The molecule has 3 rings (SSSR count). The predicted molar refractivity (Wildman–Crippen MR) is 72.3 cm³/mol. The van der Waals surface area contributed by atoms with Gasteiger partial charge in [0.25, 0.3) is 5.91 Å². The number of hydrogen-bond acceptors (Lipinski definition) is 4. The second-order valence-electron chi connectivity index (χ2n) is 5.61. The molecule has 2 aliphatic rings. The summed E-state index contributed by atoms with van der Waals surface area (Å²) in [6.45, 7) is 3.99. The molecule has 106 valence electrons. The van der Waals surface area contributed by atoms with Gasteiger partial charge in [-0.2, -0.15) is 0 Å². The Morgan fingerprint density at radius 1 is 1.35 bits per heavy atom. The molecule has 2 heterocycles. The first kappa shape index (κ1) is 13.2. The van der Waals surface area contributed by atoms with Crippen LogP contribution in [0.5, 0.6) is 11.5 Å². The number of carbonyl (C=O) groups excluding carboxylic acids is 2. The van der Waals surface area contributed by atoms with E-state index in [2.05, 4.69) is 0 Å². The third-order valence-electron chi connectivity index (χ3n) is 3.61. The number of carbonyl (C=O) groups is 2. The minimum absolute atomic E-state index is 0.0650. The largest absolute Gasteiger partial charge is 0.454 e. The molecule has 0 bridgehead atoms. The van der Waals surface area contributed by atoms with E-state index in [0.29, 0.717) is 28.5 Å². The molecule has 20 heavy (non-hydrogen) atoms. The third-order valence-corrected chi connectivity index (χ3v) is 3.90. The first-order valence-corrected chi connectivity index (χ1v) is 6.69. The van der Waals surface area contributed by atoms with Gasteiger partial charge >= 0.3 is 0 Å². The smallest absolute Gasteiger partial charge is 0.254 e. The number of rotatable bonds is 1. The second kappa shape index (κ2) is 4.38. The maximum absolute atomic E-state index is 12.6. The van der Waals surface area contributed by atoms with Gasteiger partial charge in [0.1, 0.15) is 0 Å². The molecule has 0 aliphatic carbocycles. The lowest BCUT2D eigenvalue weighted by Crippen LogP contribution is -2.42. The summed E-state index contributed by atoms with van der Waals surface area (Å²) in [5, 5.41) is 0.340. The first-order valence-electron chi connectivity index (χ1n) is 6.31. The predicted octanol–water partition coefficient (Wildman–Crippen LogP) is 2.26. The van der Waals surface area contributed by atoms with Crippen molar-refractivity contribution >= 4 is 23.3 Å². The molecule has 6 heteroatoms. The number of halogens is 1. The van der Waals surface area contributed by atoms with Crippen molar-refractivity contribution in [1.82, 2.24) is 4.90 Å². The Morgan fingerprint density at radius 3 is 2.75 bits per heavy atom. The molecule has 1 amide bonds. The topological polar surface area (TPSA) is 55.8 Å². The van der Waals surface area contributed by atoms with E-state index in [1.54, 1.807) is 17.0 Å². The Hall–Kier alpha value is -1.75. The van der Waals surface area contributed by atoms with Crippen LogP contribution >= 0.6 is 11.6 Å². The van der Waals surface area contributed by atoms with Crippen LogP contribution in [0.2, 0.25) is 5.02 Å². The Kier molecular flexibility index (Phi) is 2.90. The van der Waals surface area contributed by atoms with Crippen LogP contribution in [0.25, 0.3) is 0 Å². The summed E-state index contributed by atoms with van der Waals surface area (Å²) in [7, 11) is 0. The highest BCUT2D eigenvalue weighted by atomic mass is 35.5. The summed E-state index contributed by atoms with van der Waals surface area (Å²) in [5.74, 6) is 0.764. The molecular formula is C14H14ClNO4. The minimum Gasteiger partial charge on any atom is -0.454 e. The molecule has 0 saturated carbocycles. The van der Waals surface area contributed by atoms with E-state index in [4.69, 9.17) is 21.1 Å². The molecule has 5 nitrogen and oxygen atoms in total. The van der Waals surface area contributed by atoms with Crippen LogP contribution in [0.15, 0.2) is 12.1 Å². The van der Waals surface area contributed by atoms with Crippen LogP contribution in [0, 0.1) is 0 Å². The molecule has 0 aromatic heterocycles. The van der Waals surface area contributed by atoms with E-state index in [0.717, 1.165) is 0 Å². The monoisotopic (exact) mass is 295 g/mol. The minimum atomic E-state index is -0.475. The molecule has 2 aliphatic heterocycles. The zero-order chi connectivity index (χ0) is 14.5. The van der Waals surface area contributed by atoms with Gasteiger partial charge in [-0.05, 0) is 26.0 Å². The highest BCUT2D eigenvalue weighted by Gasteiger charge is 2.41. The van der Waals surface area contributed by atoms with Gasteiger partial charge in [0.15, 0.2) is 17.3 Å². The molecule has 0 unspecified atom stereocenters. The molecule has 0 N–H and O–H groups in total. The van der Waals surface area contributed by atoms with Crippen LogP contribution in [0.4, 0.5) is 0 Å². The van der Waals surface area contributed by atoms with E-state index in [-0.39, 0.29) is 25.0 Å². The summed E-state index contributed by atoms with van der Waals surface area (Å²) in [5.41, 5.74) is -0.0705. The number of nitrogens with zero attached hydrogens (tertiary/aromatic N) is 1. The molecule has 1 aromatic carbocycles. The van der Waals surface area contributed by atoms with Crippen molar-refractivity contribution in [2.45, 2.75) is 25.8 Å². The number of benzene rings is 1. The third kappa shape index (κ3) is 2.02. The highest BCUT2D eigenvalue weighted by molar-refractivity contribution is 6.32. The van der Waals surface area contributed by atoms with Gasteiger partial charge in [-0.25, -0.2) is 0 Å². The number of hydrogen-bond donors (Lipinski definition) is 0. The van der Waals surface area contributed by atoms with Gasteiger partial charge < -0.3 is 14.4 Å². The molecule has 0 spiro atoms. The maximum atomic E-state index is 12.6. The summed E-state index contributed by atoms with van der Waals surface area (Å²) in [6.07, 6.45) is 0.372. The van der Waals surface area contributed by atoms with Crippen LogP contribution < -0.4 is 9.47 Å². The van der Waals surface area contributed by atoms with Crippen molar-refractivity contribution < 1.29 is 19.1 Å². The van der Waals surface area contributed by atoms with Crippen molar-refractivity contribution in [3.63, 3.8) is 0 Å². The van der Waals surface area contributed by atoms with Crippen LogP contribution in [0.3, 0.4) is 0 Å². The number of likely N-dealkylation sites (tertiary alicyclic amines) is 1. The van der Waals surface area contributed by atoms with Crippen molar-refractivity contribution in [3.8, 4) is 11.5 Å². The zero-order valence-electron chi connectivity index (χ0n) is 11.2. The van der Waals surface area contributed by atoms with Crippen LogP contribution in [-0.2, 0) is 4.79 Å². The molecular weight excluding hydrogens is 282 g/mol. The van der Waals surface area contributed by atoms with Crippen molar-refractivity contribution in [2.24, 2.45) is 0 Å². The fourth-order valence-corrected chi connectivity index (χ4v) is 2.88. The lowest BCUT2D eigenvalue weighted by atomic mass is 10.0. The first-order chi connectivity index (χ1) is 9.38. The van der Waals surface area contributed by atoms with E-state index in [1.807, 2.05) is 13.8 Å². The summed E-state index contributed by atoms with van der Waals surface area (Å²) in [6, 6.07) is 3.16. The van der Waals surface area contributed by atoms with E-state index in [1.165, 1.54) is 0 Å². The number of fused-ring (bicyclic) bond motifs is 1. The SMILES string of the molecule is CC1(C)CC(=O)CN1C(=O)c1cc(Cl)c2c(c1)OCO2. The summed E-state index contributed by atoms with van der Waals surface area (Å²) < 4.78 is 10.5. The van der Waals surface area contributed by atoms with Crippen LogP contribution in [-0.4, -0.2) is 35.5 Å². The van der Waals surface area contributed by atoms with Crippen molar-refractivity contribution in [2.75, 3.05) is 13.3 Å². The average Bonchev–Trinajstić information content (AvgIpc) is 2.92.